The molecule has 9 heavy (non-hydrogen) atoms. The summed E-state index contributed by atoms with van der Waals surface area (Å²) in [5.41, 5.74) is 1.16. The minimum Gasteiger partial charge on any atom is -0.552 e. The normalized spacial score (nSPS) is 9.44. The maximum atomic E-state index is 4.68. The molecule has 0 amide bonds. The second kappa shape index (κ2) is 3.25. The predicted octanol–water partition coefficient (Wildman–Crippen LogP) is 1.99. The van der Waals surface area contributed by atoms with Gasteiger partial charge in [-0.3, -0.25) is 0 Å². The third-order valence-electron chi connectivity index (χ3n) is 1.11. The van der Waals surface area contributed by atoms with Gasteiger partial charge in [-0.05, 0) is 5.56 Å². The monoisotopic (exact) mass is 121 g/mol. The first kappa shape index (κ1) is 6.30. The van der Waals surface area contributed by atoms with Crippen LogP contribution in [0.4, 0.5) is 0 Å². The topological polar surface area (TPSA) is 9.23 Å². The van der Waals surface area contributed by atoms with Gasteiger partial charge in [0.15, 0.2) is 0 Å². The average molecular weight is 121 g/mol. The van der Waals surface area contributed by atoms with E-state index in [0.29, 0.717) is 6.61 Å². The van der Waals surface area contributed by atoms with Gasteiger partial charge in [-0.15, -0.1) is 0 Å². The molecule has 1 heteroatoms. The van der Waals surface area contributed by atoms with Crippen LogP contribution >= 0.6 is 0 Å². The molecule has 0 fully saturated rings. The molecule has 0 aromatic heterocycles. The second-order valence-corrected chi connectivity index (χ2v) is 1.83. The Morgan fingerprint density at radius 2 is 1.89 bits per heavy atom. The Hall–Kier alpha value is -0.820. The van der Waals surface area contributed by atoms with Gasteiger partial charge in [0.1, 0.15) is 0 Å². The lowest BCUT2D eigenvalue weighted by Crippen LogP contribution is -1.82. The van der Waals surface area contributed by atoms with Crippen LogP contribution in [-0.2, 0) is 11.3 Å². The van der Waals surface area contributed by atoms with Gasteiger partial charge in [0, 0.05) is 6.61 Å². The number of hydrogen-bond donors (Lipinski definition) is 0. The highest BCUT2D eigenvalue weighted by Gasteiger charge is 1.82. The molecule has 0 heterocycles. The number of rotatable bonds is 2. The molecule has 0 saturated carbocycles. The molecular weight excluding hydrogens is 112 g/mol. The molecule has 0 atom stereocenters. The quantitative estimate of drug-likeness (QED) is 0.544. The maximum Gasteiger partial charge on any atom is 0.0373 e. The standard InChI is InChI=1S/C8H9O/c1-9-7-8-5-3-2-4-6-8/h2-6H,1,7H2/q-1. The Morgan fingerprint density at radius 1 is 1.22 bits per heavy atom. The fourth-order valence-electron chi connectivity index (χ4n) is 0.692. The lowest BCUT2D eigenvalue weighted by Gasteiger charge is -2.01. The molecule has 0 N–H and O–H groups in total. The average Bonchev–Trinajstić information content (AvgIpc) is 1.91. The highest BCUT2D eigenvalue weighted by molar-refractivity contribution is 5.13. The molecule has 0 saturated heterocycles. The fourth-order valence-corrected chi connectivity index (χ4v) is 0.692. The minimum absolute atomic E-state index is 0.598. The number of hydrogen-bond acceptors (Lipinski definition) is 1. The third-order valence-corrected chi connectivity index (χ3v) is 1.11. The fraction of sp³-hybridized carbons (Fsp3) is 0.125. The Kier molecular flexibility index (Phi) is 2.28. The van der Waals surface area contributed by atoms with Crippen molar-refractivity contribution >= 4 is 0 Å². The summed E-state index contributed by atoms with van der Waals surface area (Å²) in [5.74, 6) is 0. The number of ether oxygens (including phenoxy) is 1. The summed E-state index contributed by atoms with van der Waals surface area (Å²) in [4.78, 5) is 0. The molecule has 1 aromatic carbocycles. The summed E-state index contributed by atoms with van der Waals surface area (Å²) in [5, 5.41) is 0. The zero-order valence-corrected chi connectivity index (χ0v) is 5.21. The van der Waals surface area contributed by atoms with Crippen LogP contribution in [0.5, 0.6) is 0 Å². The summed E-state index contributed by atoms with van der Waals surface area (Å²) >= 11 is 0. The highest BCUT2D eigenvalue weighted by atomic mass is 16.5. The van der Waals surface area contributed by atoms with Crippen molar-refractivity contribution in [2.45, 2.75) is 6.61 Å². The molecule has 48 valence electrons. The summed E-state index contributed by atoms with van der Waals surface area (Å²) in [7, 11) is 3.28. The Morgan fingerprint density at radius 3 is 2.44 bits per heavy atom. The van der Waals surface area contributed by atoms with E-state index in [1.807, 2.05) is 30.3 Å². The van der Waals surface area contributed by atoms with Crippen molar-refractivity contribution in [3.05, 3.63) is 43.0 Å². The van der Waals surface area contributed by atoms with Gasteiger partial charge >= 0.3 is 0 Å². The largest absolute Gasteiger partial charge is 0.552 e. The zero-order chi connectivity index (χ0) is 6.53. The molecular formula is C8H9O-. The van der Waals surface area contributed by atoms with Crippen LogP contribution in [0.2, 0.25) is 0 Å². The van der Waals surface area contributed by atoms with Gasteiger partial charge in [0.25, 0.3) is 0 Å². The third kappa shape index (κ3) is 1.86. The van der Waals surface area contributed by atoms with Crippen molar-refractivity contribution in [1.29, 1.82) is 0 Å². The van der Waals surface area contributed by atoms with Crippen LogP contribution in [0.3, 0.4) is 0 Å². The van der Waals surface area contributed by atoms with Crippen molar-refractivity contribution in [2.24, 2.45) is 0 Å². The van der Waals surface area contributed by atoms with E-state index in [1.165, 1.54) is 0 Å². The van der Waals surface area contributed by atoms with Crippen LogP contribution < -0.4 is 0 Å². The van der Waals surface area contributed by atoms with E-state index in [9.17, 15) is 0 Å². The predicted molar refractivity (Wildman–Crippen MR) is 36.6 cm³/mol. The van der Waals surface area contributed by atoms with E-state index >= 15 is 0 Å². The lowest BCUT2D eigenvalue weighted by atomic mass is 10.2. The zero-order valence-electron chi connectivity index (χ0n) is 5.21. The van der Waals surface area contributed by atoms with Gasteiger partial charge < -0.3 is 4.74 Å². The van der Waals surface area contributed by atoms with E-state index in [2.05, 4.69) is 11.8 Å². The summed E-state index contributed by atoms with van der Waals surface area (Å²) in [6.45, 7) is 0.598. The molecule has 0 spiro atoms. The first-order valence-electron chi connectivity index (χ1n) is 2.84. The summed E-state index contributed by atoms with van der Waals surface area (Å²) in [6.07, 6.45) is 0. The highest BCUT2D eigenvalue weighted by Crippen LogP contribution is 1.98. The van der Waals surface area contributed by atoms with E-state index in [0.717, 1.165) is 5.56 Å². The van der Waals surface area contributed by atoms with E-state index in [4.69, 9.17) is 0 Å². The molecule has 0 bridgehead atoms. The first-order valence-corrected chi connectivity index (χ1v) is 2.84. The Bertz CT molecular complexity index is 157. The van der Waals surface area contributed by atoms with Gasteiger partial charge in [-0.1, -0.05) is 30.3 Å². The summed E-state index contributed by atoms with van der Waals surface area (Å²) in [6, 6.07) is 9.95. The van der Waals surface area contributed by atoms with Crippen LogP contribution in [-0.4, -0.2) is 0 Å². The minimum atomic E-state index is 0.598. The van der Waals surface area contributed by atoms with Gasteiger partial charge in [-0.2, -0.15) is 0 Å². The van der Waals surface area contributed by atoms with Crippen molar-refractivity contribution in [3.8, 4) is 0 Å². The molecule has 1 rings (SSSR count). The molecule has 0 radical (unpaired) electrons. The molecule has 0 unspecified atom stereocenters. The number of benzene rings is 1. The molecule has 0 aliphatic rings. The SMILES string of the molecule is [CH2-]OCc1ccccc1. The Balaban J connectivity index is 2.61. The van der Waals surface area contributed by atoms with Crippen molar-refractivity contribution in [1.82, 2.24) is 0 Å². The molecule has 1 aromatic rings. The summed E-state index contributed by atoms with van der Waals surface area (Å²) < 4.78 is 4.68. The van der Waals surface area contributed by atoms with Crippen molar-refractivity contribution in [3.63, 3.8) is 0 Å². The van der Waals surface area contributed by atoms with Crippen molar-refractivity contribution < 1.29 is 4.74 Å². The van der Waals surface area contributed by atoms with Crippen LogP contribution in [0.15, 0.2) is 30.3 Å². The molecule has 0 aliphatic heterocycles. The lowest BCUT2D eigenvalue weighted by molar-refractivity contribution is 0.229. The van der Waals surface area contributed by atoms with Gasteiger partial charge in [0.2, 0.25) is 0 Å². The van der Waals surface area contributed by atoms with Gasteiger partial charge in [0.05, 0.1) is 0 Å². The first-order chi connectivity index (χ1) is 4.43. The van der Waals surface area contributed by atoms with E-state index in [1.54, 1.807) is 0 Å². The van der Waals surface area contributed by atoms with E-state index < -0.39 is 0 Å². The van der Waals surface area contributed by atoms with Crippen LogP contribution in [0.25, 0.3) is 0 Å². The second-order valence-electron chi connectivity index (χ2n) is 1.83. The Labute approximate surface area is 55.3 Å². The van der Waals surface area contributed by atoms with Crippen molar-refractivity contribution in [2.75, 3.05) is 0 Å². The van der Waals surface area contributed by atoms with Gasteiger partial charge in [-0.25, -0.2) is 7.11 Å². The van der Waals surface area contributed by atoms with E-state index in [-0.39, 0.29) is 0 Å². The van der Waals surface area contributed by atoms with Crippen LogP contribution in [0, 0.1) is 7.11 Å². The smallest absolute Gasteiger partial charge is 0.0373 e. The van der Waals surface area contributed by atoms with Crippen LogP contribution in [0.1, 0.15) is 5.56 Å². The molecule has 1 nitrogen and oxygen atoms in total. The maximum absolute atomic E-state index is 4.68. The molecule has 0 aliphatic carbocycles.